The van der Waals surface area contributed by atoms with Gasteiger partial charge < -0.3 is 5.32 Å². The first-order valence-corrected chi connectivity index (χ1v) is 7.51. The number of halogens is 3. The van der Waals surface area contributed by atoms with Gasteiger partial charge in [0.15, 0.2) is 0 Å². The average molecular weight is 299 g/mol. The molecule has 0 aromatic heterocycles. The molecule has 1 saturated carbocycles. The summed E-state index contributed by atoms with van der Waals surface area (Å²) in [7, 11) is 0. The molecule has 0 bridgehead atoms. The van der Waals surface area contributed by atoms with Gasteiger partial charge in [-0.05, 0) is 44.7 Å². The molecule has 1 aromatic carbocycles. The van der Waals surface area contributed by atoms with Crippen molar-refractivity contribution in [2.24, 2.45) is 5.92 Å². The maximum atomic E-state index is 12.9. The third-order valence-electron chi connectivity index (χ3n) is 4.42. The van der Waals surface area contributed by atoms with E-state index in [4.69, 9.17) is 0 Å². The Labute approximate surface area is 124 Å². The van der Waals surface area contributed by atoms with Crippen LogP contribution in [-0.4, -0.2) is 12.1 Å². The SMILES string of the molecule is CCC1CC1(CNC(C)(C)C)c1cccc(C(F)(F)F)c1. The lowest BCUT2D eigenvalue weighted by atomic mass is 9.90. The second-order valence-electron chi connectivity index (χ2n) is 7.15. The highest BCUT2D eigenvalue weighted by atomic mass is 19.4. The Bertz CT molecular complexity index is 501. The third-order valence-corrected chi connectivity index (χ3v) is 4.42. The van der Waals surface area contributed by atoms with Gasteiger partial charge in [-0.3, -0.25) is 0 Å². The summed E-state index contributed by atoms with van der Waals surface area (Å²) in [4.78, 5) is 0. The zero-order valence-electron chi connectivity index (χ0n) is 13.1. The predicted molar refractivity (Wildman–Crippen MR) is 79.3 cm³/mol. The number of alkyl halides is 3. The Kier molecular flexibility index (Phi) is 4.13. The molecule has 0 radical (unpaired) electrons. The normalized spacial score (nSPS) is 26.0. The van der Waals surface area contributed by atoms with Gasteiger partial charge in [0.25, 0.3) is 0 Å². The first-order chi connectivity index (χ1) is 9.58. The van der Waals surface area contributed by atoms with E-state index >= 15 is 0 Å². The van der Waals surface area contributed by atoms with E-state index < -0.39 is 11.7 Å². The fourth-order valence-corrected chi connectivity index (χ4v) is 3.02. The van der Waals surface area contributed by atoms with Crippen LogP contribution in [0.3, 0.4) is 0 Å². The lowest BCUT2D eigenvalue weighted by molar-refractivity contribution is -0.137. The second-order valence-corrected chi connectivity index (χ2v) is 7.15. The van der Waals surface area contributed by atoms with E-state index in [0.29, 0.717) is 5.92 Å². The number of rotatable bonds is 4. The zero-order valence-corrected chi connectivity index (χ0v) is 13.1. The van der Waals surface area contributed by atoms with Crippen molar-refractivity contribution in [1.29, 1.82) is 0 Å². The van der Waals surface area contributed by atoms with Crippen molar-refractivity contribution in [2.75, 3.05) is 6.54 Å². The largest absolute Gasteiger partial charge is 0.416 e. The summed E-state index contributed by atoms with van der Waals surface area (Å²) in [5, 5.41) is 3.46. The third kappa shape index (κ3) is 3.60. The van der Waals surface area contributed by atoms with E-state index in [1.54, 1.807) is 0 Å². The van der Waals surface area contributed by atoms with Crippen molar-refractivity contribution in [2.45, 2.75) is 57.7 Å². The summed E-state index contributed by atoms with van der Waals surface area (Å²) in [6, 6.07) is 5.86. The number of nitrogens with one attached hydrogen (secondary N) is 1. The van der Waals surface area contributed by atoms with Crippen LogP contribution in [0.25, 0.3) is 0 Å². The monoisotopic (exact) mass is 299 g/mol. The molecule has 0 spiro atoms. The molecule has 4 heteroatoms. The standard InChI is InChI=1S/C17H24F3N/c1-5-12-10-16(12,11-21-15(2,3)4)13-7-6-8-14(9-13)17(18,19)20/h6-9,12,21H,5,10-11H2,1-4H3. The van der Waals surface area contributed by atoms with Crippen molar-refractivity contribution in [3.05, 3.63) is 35.4 Å². The predicted octanol–water partition coefficient (Wildman–Crippen LogP) is 4.76. The van der Waals surface area contributed by atoms with Gasteiger partial charge in [-0.2, -0.15) is 13.2 Å². The fourth-order valence-electron chi connectivity index (χ4n) is 3.02. The van der Waals surface area contributed by atoms with Gasteiger partial charge in [-0.15, -0.1) is 0 Å². The van der Waals surface area contributed by atoms with Gasteiger partial charge in [0.1, 0.15) is 0 Å². The van der Waals surface area contributed by atoms with Crippen molar-refractivity contribution in [3.8, 4) is 0 Å². The molecular formula is C17H24F3N. The Morgan fingerprint density at radius 1 is 1.24 bits per heavy atom. The molecule has 1 aliphatic rings. The fraction of sp³-hybridized carbons (Fsp3) is 0.647. The van der Waals surface area contributed by atoms with E-state index in [2.05, 4.69) is 33.0 Å². The molecule has 1 nitrogen and oxygen atoms in total. The number of hydrogen-bond acceptors (Lipinski definition) is 1. The molecule has 1 N–H and O–H groups in total. The van der Waals surface area contributed by atoms with Crippen LogP contribution in [0.15, 0.2) is 24.3 Å². The van der Waals surface area contributed by atoms with Crippen molar-refractivity contribution < 1.29 is 13.2 Å². The van der Waals surface area contributed by atoms with Crippen LogP contribution in [0.4, 0.5) is 13.2 Å². The molecule has 1 fully saturated rings. The Hall–Kier alpha value is -1.03. The molecular weight excluding hydrogens is 275 g/mol. The highest BCUT2D eigenvalue weighted by Gasteiger charge is 2.54. The smallest absolute Gasteiger partial charge is 0.311 e. The molecule has 2 unspecified atom stereocenters. The lowest BCUT2D eigenvalue weighted by Crippen LogP contribution is -2.41. The summed E-state index contributed by atoms with van der Waals surface area (Å²) in [5.74, 6) is 0.468. The van der Waals surface area contributed by atoms with E-state index in [1.165, 1.54) is 12.1 Å². The van der Waals surface area contributed by atoms with Crippen molar-refractivity contribution in [3.63, 3.8) is 0 Å². The maximum absolute atomic E-state index is 12.9. The summed E-state index contributed by atoms with van der Waals surface area (Å²) < 4.78 is 38.7. The summed E-state index contributed by atoms with van der Waals surface area (Å²) >= 11 is 0. The molecule has 2 rings (SSSR count). The summed E-state index contributed by atoms with van der Waals surface area (Å²) in [6.07, 6.45) is -2.30. The minimum absolute atomic E-state index is 0.0322. The molecule has 1 aromatic rings. The molecule has 0 aliphatic heterocycles. The summed E-state index contributed by atoms with van der Waals surface area (Å²) in [6.45, 7) is 9.08. The molecule has 0 amide bonds. The van der Waals surface area contributed by atoms with Crippen LogP contribution in [0, 0.1) is 5.92 Å². The first kappa shape index (κ1) is 16.3. The van der Waals surface area contributed by atoms with Crippen LogP contribution in [-0.2, 0) is 11.6 Å². The van der Waals surface area contributed by atoms with E-state index in [0.717, 1.165) is 31.0 Å². The maximum Gasteiger partial charge on any atom is 0.416 e. The van der Waals surface area contributed by atoms with Gasteiger partial charge in [-0.1, -0.05) is 31.5 Å². The molecule has 118 valence electrons. The van der Waals surface area contributed by atoms with Crippen LogP contribution in [0.1, 0.15) is 51.7 Å². The Morgan fingerprint density at radius 2 is 1.90 bits per heavy atom. The average Bonchev–Trinajstić information content (AvgIpc) is 3.10. The van der Waals surface area contributed by atoms with Gasteiger partial charge in [0, 0.05) is 17.5 Å². The Balaban J connectivity index is 2.28. The van der Waals surface area contributed by atoms with E-state index in [1.807, 2.05) is 6.07 Å². The summed E-state index contributed by atoms with van der Waals surface area (Å²) in [5.41, 5.74) is 0.108. The van der Waals surface area contributed by atoms with Crippen molar-refractivity contribution in [1.82, 2.24) is 5.32 Å². The number of benzene rings is 1. The van der Waals surface area contributed by atoms with Gasteiger partial charge in [0.05, 0.1) is 5.56 Å². The minimum atomic E-state index is -4.27. The lowest BCUT2D eigenvalue weighted by Gasteiger charge is -2.27. The van der Waals surface area contributed by atoms with Crippen LogP contribution in [0.5, 0.6) is 0 Å². The van der Waals surface area contributed by atoms with Gasteiger partial charge >= 0.3 is 6.18 Å². The minimum Gasteiger partial charge on any atom is -0.311 e. The van der Waals surface area contributed by atoms with E-state index in [9.17, 15) is 13.2 Å². The topological polar surface area (TPSA) is 12.0 Å². The highest BCUT2D eigenvalue weighted by Crippen LogP contribution is 2.56. The van der Waals surface area contributed by atoms with Crippen LogP contribution in [0.2, 0.25) is 0 Å². The quantitative estimate of drug-likeness (QED) is 0.845. The second kappa shape index (κ2) is 5.31. The van der Waals surface area contributed by atoms with Gasteiger partial charge in [-0.25, -0.2) is 0 Å². The molecule has 21 heavy (non-hydrogen) atoms. The molecule has 1 aliphatic carbocycles. The molecule has 0 saturated heterocycles. The van der Waals surface area contributed by atoms with Crippen LogP contribution < -0.4 is 5.32 Å². The Morgan fingerprint density at radius 3 is 2.38 bits per heavy atom. The van der Waals surface area contributed by atoms with E-state index in [-0.39, 0.29) is 11.0 Å². The van der Waals surface area contributed by atoms with Gasteiger partial charge in [0.2, 0.25) is 0 Å². The van der Waals surface area contributed by atoms with Crippen LogP contribution >= 0.6 is 0 Å². The zero-order chi connectivity index (χ0) is 15.9. The van der Waals surface area contributed by atoms with Crippen molar-refractivity contribution >= 4 is 0 Å². The first-order valence-electron chi connectivity index (χ1n) is 7.51. The highest BCUT2D eigenvalue weighted by molar-refractivity contribution is 5.38. The molecule has 0 heterocycles. The number of hydrogen-bond donors (Lipinski definition) is 1. The molecule has 2 atom stereocenters.